The molecule has 8 aliphatic rings. The van der Waals surface area contributed by atoms with Crippen LogP contribution in [0.15, 0.2) is 24.3 Å². The van der Waals surface area contributed by atoms with Crippen LogP contribution in [-0.4, -0.2) is 146 Å². The molecule has 3 atom stereocenters. The number of esters is 5. The first-order valence-electron chi connectivity index (χ1n) is 39.5. The van der Waals surface area contributed by atoms with E-state index in [9.17, 15) is 54.3 Å². The van der Waals surface area contributed by atoms with Crippen molar-refractivity contribution in [3.63, 3.8) is 0 Å². The van der Waals surface area contributed by atoms with Crippen molar-refractivity contribution in [2.45, 2.75) is 342 Å². The molecule has 9 rings (SSSR count). The van der Waals surface area contributed by atoms with E-state index in [0.29, 0.717) is 108 Å². The molecule has 100 heavy (non-hydrogen) atoms. The predicted molar refractivity (Wildman–Crippen MR) is 386 cm³/mol. The summed E-state index contributed by atoms with van der Waals surface area (Å²) in [4.78, 5) is 69.7. The molecule has 8 N–H and O–H groups in total. The Hall–Kier alpha value is -4.24. The highest BCUT2D eigenvalue weighted by molar-refractivity contribution is 5.74. The highest BCUT2D eigenvalue weighted by Gasteiger charge is 2.37. The first-order chi connectivity index (χ1) is 47.6. The molecule has 3 unspecified atom stereocenters. The molecule has 0 saturated heterocycles. The monoisotopic (exact) mass is 1410 g/mol. The van der Waals surface area contributed by atoms with Crippen molar-refractivity contribution in [1.29, 1.82) is 0 Å². The van der Waals surface area contributed by atoms with E-state index < -0.39 is 5.97 Å². The lowest BCUT2D eigenvalue weighted by molar-refractivity contribution is -0.160. The van der Waals surface area contributed by atoms with E-state index in [2.05, 4.69) is 74.4 Å². The van der Waals surface area contributed by atoms with Crippen molar-refractivity contribution in [3.05, 3.63) is 35.4 Å². The molecule has 0 radical (unpaired) electrons. The van der Waals surface area contributed by atoms with Gasteiger partial charge >= 0.3 is 35.8 Å². The largest absolute Gasteiger partial charge is 0.481 e. The van der Waals surface area contributed by atoms with Gasteiger partial charge < -0.3 is 64.5 Å². The number of ether oxygens (including phenoxy) is 5. The Labute approximate surface area is 601 Å². The maximum absolute atomic E-state index is 12.2. The first kappa shape index (κ1) is 88.2. The number of aliphatic hydroxyl groups is 7. The zero-order valence-corrected chi connectivity index (χ0v) is 63.1. The third-order valence-electron chi connectivity index (χ3n) is 22.5. The lowest BCUT2D eigenvalue weighted by Crippen LogP contribution is -2.36. The van der Waals surface area contributed by atoms with Gasteiger partial charge in [0.15, 0.2) is 0 Å². The van der Waals surface area contributed by atoms with E-state index in [1.807, 2.05) is 12.1 Å². The summed E-state index contributed by atoms with van der Waals surface area (Å²) in [6.45, 7) is 21.5. The molecule has 1 aromatic rings. The number of aliphatic hydroxyl groups excluding tert-OH is 7. The van der Waals surface area contributed by atoms with Gasteiger partial charge in [-0.2, -0.15) is 0 Å². The van der Waals surface area contributed by atoms with Gasteiger partial charge in [0, 0.05) is 0 Å². The number of carbonyl (C=O) groups is 6. The van der Waals surface area contributed by atoms with Crippen LogP contribution in [0.4, 0.5) is 0 Å². The van der Waals surface area contributed by atoms with Gasteiger partial charge in [-0.1, -0.05) is 106 Å². The average molecular weight is 1420 g/mol. The quantitative estimate of drug-likeness (QED) is 0.0419. The van der Waals surface area contributed by atoms with Gasteiger partial charge in [0.1, 0.15) is 19.3 Å². The van der Waals surface area contributed by atoms with E-state index in [-0.39, 0.29) is 127 Å². The number of unbranched alkanes of at least 4 members (excludes halogenated alkanes) is 1. The van der Waals surface area contributed by atoms with Crippen molar-refractivity contribution in [3.8, 4) is 0 Å². The molecule has 0 aromatic heterocycles. The lowest BCUT2D eigenvalue weighted by atomic mass is 9.71. The summed E-state index contributed by atoms with van der Waals surface area (Å²) in [5.74, 6) is 2.48. The lowest BCUT2D eigenvalue weighted by Gasteiger charge is -2.39. The van der Waals surface area contributed by atoms with Crippen LogP contribution in [0, 0.1) is 70.5 Å². The molecule has 1 aromatic carbocycles. The van der Waals surface area contributed by atoms with E-state index in [4.69, 9.17) is 39.0 Å². The molecule has 0 amide bonds. The fraction of sp³-hybridized carbons (Fsp3) is 0.852. The highest BCUT2D eigenvalue weighted by Crippen LogP contribution is 2.41. The van der Waals surface area contributed by atoms with Gasteiger partial charge in [0.25, 0.3) is 0 Å². The Balaban J connectivity index is 0.000000258. The summed E-state index contributed by atoms with van der Waals surface area (Å²) < 4.78 is 26.9. The highest BCUT2D eigenvalue weighted by atomic mass is 16.6. The Morgan fingerprint density at radius 1 is 0.490 bits per heavy atom. The van der Waals surface area contributed by atoms with Gasteiger partial charge in [-0.25, -0.2) is 0 Å². The van der Waals surface area contributed by atoms with Crippen LogP contribution >= 0.6 is 0 Å². The summed E-state index contributed by atoms with van der Waals surface area (Å²) in [5, 5.41) is 73.0. The Bertz CT molecular complexity index is 2390. The van der Waals surface area contributed by atoms with Gasteiger partial charge in [0.2, 0.25) is 0 Å². The van der Waals surface area contributed by atoms with Gasteiger partial charge in [0.05, 0.1) is 92.0 Å². The van der Waals surface area contributed by atoms with Gasteiger partial charge in [-0.05, 0) is 258 Å². The van der Waals surface area contributed by atoms with Crippen LogP contribution in [0.25, 0.3) is 0 Å². The minimum absolute atomic E-state index is 0.0174. The molecule has 8 aliphatic carbocycles. The number of carboxylic acid groups (broad SMARTS) is 1. The zero-order chi connectivity index (χ0) is 73.7. The summed E-state index contributed by atoms with van der Waals surface area (Å²) in [6.07, 6.45) is 29.0. The molecule has 19 heteroatoms. The van der Waals surface area contributed by atoms with Crippen molar-refractivity contribution < 1.29 is 93.3 Å². The maximum atomic E-state index is 12.2. The third kappa shape index (κ3) is 35.5. The van der Waals surface area contributed by atoms with Crippen molar-refractivity contribution in [2.75, 3.05) is 26.4 Å². The number of hydrogen-bond donors (Lipinski definition) is 8. The van der Waals surface area contributed by atoms with Crippen LogP contribution in [0.2, 0.25) is 0 Å². The number of carbonyl (C=O) groups excluding carboxylic acids is 5. The Kier molecular flexibility index (Phi) is 42.3. The van der Waals surface area contributed by atoms with Crippen LogP contribution < -0.4 is 0 Å². The van der Waals surface area contributed by atoms with Crippen LogP contribution in [0.5, 0.6) is 0 Å². The summed E-state index contributed by atoms with van der Waals surface area (Å²) >= 11 is 0. The van der Waals surface area contributed by atoms with Crippen LogP contribution in [-0.2, 0) is 59.1 Å². The fourth-order valence-electron chi connectivity index (χ4n) is 15.6. The third-order valence-corrected chi connectivity index (χ3v) is 22.5. The van der Waals surface area contributed by atoms with E-state index in [1.165, 1.54) is 50.5 Å². The smallest absolute Gasteiger partial charge is 0.309 e. The zero-order valence-electron chi connectivity index (χ0n) is 63.1. The Morgan fingerprint density at radius 3 is 1.25 bits per heavy atom. The minimum atomic E-state index is -0.716. The van der Waals surface area contributed by atoms with Gasteiger partial charge in [-0.15, -0.1) is 0 Å². The van der Waals surface area contributed by atoms with Crippen molar-refractivity contribution in [1.82, 2.24) is 0 Å². The molecule has 19 nitrogen and oxygen atoms in total. The second-order valence-electron chi connectivity index (χ2n) is 32.4. The summed E-state index contributed by atoms with van der Waals surface area (Å²) in [6, 6.07) is 8.22. The fourth-order valence-corrected chi connectivity index (χ4v) is 15.6. The minimum Gasteiger partial charge on any atom is -0.481 e. The average Bonchev–Trinajstić information content (AvgIpc) is 0.839. The molecule has 8 saturated carbocycles. The molecule has 0 spiro atoms. The normalized spacial score (nSPS) is 30.6. The maximum Gasteiger partial charge on any atom is 0.309 e. The number of benzene rings is 1. The first-order valence-corrected chi connectivity index (χ1v) is 39.5. The summed E-state index contributed by atoms with van der Waals surface area (Å²) in [5.41, 5.74) is 2.60. The summed E-state index contributed by atoms with van der Waals surface area (Å²) in [7, 11) is 0. The molecular formula is C81H138O19. The molecule has 0 aliphatic heterocycles. The Morgan fingerprint density at radius 2 is 0.880 bits per heavy atom. The number of carboxylic acids is 1. The van der Waals surface area contributed by atoms with Crippen molar-refractivity contribution >= 4 is 35.8 Å². The second kappa shape index (κ2) is 48.0. The molecular weight excluding hydrogens is 1280 g/mol. The standard InChI is InChI=1S/C17H30O3.C17H24O3.C16H28O3.C15H28O3.C9H16O4.C7H12O3/c2*1-12(2)14-5-3-13(4-6-14)11-20-17(19)15-7-9-16(18)10-8-15;1-11-8-14(10-16(2,3)9-11)19-15(18)12-4-6-13(17)7-5-12;1-3-5-6-12(4-2)11-18-15(17)13-7-9-14(16)10-8-13;10-5-6-13-9(12)7-1-3-8(11)4-2-7;8-6-3-1-5(2-4-6)7(9)10/h12-16,18H,3-11H2,1-2H3;3-6,12,15-16,18H,7-11H2,1-2H3;11-14,17H,4-10H2,1-3H3;12-14,16H,3-11H2,1-2H3;7-8,10-11H,1-6H2;5-6,8H,1-4H2,(H,9,10). The van der Waals surface area contributed by atoms with Crippen molar-refractivity contribution in [2.24, 2.45) is 70.5 Å². The number of aliphatic carboxylic acids is 1. The van der Waals surface area contributed by atoms with E-state index >= 15 is 0 Å². The molecule has 0 heterocycles. The molecule has 576 valence electrons. The second-order valence-corrected chi connectivity index (χ2v) is 32.4. The molecule has 0 bridgehead atoms. The SMILES string of the molecule is CC(C)C1CCC(COC(=O)C2CCC(O)CC2)CC1.CC(C)c1ccc(COC(=O)C2CCC(O)CC2)cc1.CC1CC(OC(=O)C2CCC(O)CC2)CC(C)(C)C1.CCCCC(CC)COC(=O)C1CCC(O)CC1.O=C(O)C1CCC(O)CC1.O=C(OCCO)C1CCC(O)CC1. The topological polar surface area (TPSA) is 310 Å². The number of hydrogen-bond acceptors (Lipinski definition) is 18. The van der Waals surface area contributed by atoms with E-state index in [1.54, 1.807) is 0 Å². The van der Waals surface area contributed by atoms with Crippen LogP contribution in [0.3, 0.4) is 0 Å². The van der Waals surface area contributed by atoms with E-state index in [0.717, 1.165) is 133 Å². The van der Waals surface area contributed by atoms with Crippen LogP contribution in [0.1, 0.15) is 304 Å². The molecule has 8 fully saturated rings. The van der Waals surface area contributed by atoms with Gasteiger partial charge in [-0.3, -0.25) is 28.8 Å². The number of rotatable bonds is 21. The predicted octanol–water partition coefficient (Wildman–Crippen LogP) is 14.2.